The maximum Gasteiger partial charge on any atom is 0.360 e. The maximum atomic E-state index is 12.0. The summed E-state index contributed by atoms with van der Waals surface area (Å²) >= 11 is 0. The average Bonchev–Trinajstić information content (AvgIpc) is 2.78. The van der Waals surface area contributed by atoms with E-state index in [1.54, 1.807) is 18.2 Å². The Balaban J connectivity index is 2.60. The molecule has 6 heteroatoms. The van der Waals surface area contributed by atoms with E-state index in [2.05, 4.69) is 0 Å². The van der Waals surface area contributed by atoms with Crippen molar-refractivity contribution in [2.24, 2.45) is 0 Å². The van der Waals surface area contributed by atoms with Gasteiger partial charge >= 0.3 is 11.9 Å². The Hall–Kier alpha value is -1.87. The van der Waals surface area contributed by atoms with Gasteiger partial charge < -0.3 is 13.9 Å². The summed E-state index contributed by atoms with van der Waals surface area (Å²) in [5, 5.41) is 0.468. The van der Waals surface area contributed by atoms with Gasteiger partial charge in [-0.05, 0) is 40.6 Å². The van der Waals surface area contributed by atoms with Crippen LogP contribution in [-0.4, -0.2) is 29.6 Å². The first-order valence-electron chi connectivity index (χ1n) is 6.41. The molecule has 0 radical (unpaired) electrons. The SMILES string of the molecule is CCOC(=O)c1pc(C(=O)OCC)n2cc(C)ccc12. The van der Waals surface area contributed by atoms with Crippen molar-refractivity contribution in [2.75, 3.05) is 13.2 Å². The van der Waals surface area contributed by atoms with E-state index in [0.29, 0.717) is 37.6 Å². The van der Waals surface area contributed by atoms with E-state index >= 15 is 0 Å². The minimum Gasteiger partial charge on any atom is -0.462 e. The van der Waals surface area contributed by atoms with Crippen molar-refractivity contribution in [3.63, 3.8) is 0 Å². The number of carbonyl (C=O) groups is 2. The van der Waals surface area contributed by atoms with Gasteiger partial charge in [0.2, 0.25) is 0 Å². The first kappa shape index (κ1) is 14.5. The van der Waals surface area contributed by atoms with Crippen LogP contribution in [0.25, 0.3) is 5.52 Å². The first-order chi connectivity index (χ1) is 9.58. The van der Waals surface area contributed by atoms with Crippen molar-refractivity contribution in [1.29, 1.82) is 0 Å². The predicted octanol–water partition coefficient (Wildman–Crippen LogP) is 3.18. The van der Waals surface area contributed by atoms with Gasteiger partial charge in [0.15, 0.2) is 5.43 Å². The van der Waals surface area contributed by atoms with Crippen LogP contribution in [0.15, 0.2) is 18.3 Å². The molecule has 0 aliphatic carbocycles. The Morgan fingerprint density at radius 2 is 1.80 bits per heavy atom. The Bertz CT molecular complexity index is 662. The van der Waals surface area contributed by atoms with Gasteiger partial charge in [0.25, 0.3) is 0 Å². The lowest BCUT2D eigenvalue weighted by Crippen LogP contribution is -2.06. The van der Waals surface area contributed by atoms with Gasteiger partial charge in [-0.1, -0.05) is 6.07 Å². The molecule has 2 heterocycles. The molecule has 0 saturated heterocycles. The fourth-order valence-electron chi connectivity index (χ4n) is 1.88. The molecule has 0 unspecified atom stereocenters. The molecule has 2 aromatic heterocycles. The highest BCUT2D eigenvalue weighted by molar-refractivity contribution is 7.35. The van der Waals surface area contributed by atoms with E-state index in [4.69, 9.17) is 9.47 Å². The van der Waals surface area contributed by atoms with E-state index in [1.807, 2.05) is 25.3 Å². The highest BCUT2D eigenvalue weighted by Crippen LogP contribution is 2.30. The molecule has 0 N–H and O–H groups in total. The van der Waals surface area contributed by atoms with Crippen LogP contribution in [0.3, 0.4) is 0 Å². The molecular formula is C14H16NO4P. The molecule has 0 aromatic carbocycles. The monoisotopic (exact) mass is 293 g/mol. The molecule has 2 aromatic rings. The predicted molar refractivity (Wildman–Crippen MR) is 76.6 cm³/mol. The number of ether oxygens (including phenoxy) is 2. The topological polar surface area (TPSA) is 57.0 Å². The summed E-state index contributed by atoms with van der Waals surface area (Å²) in [6, 6.07) is 3.72. The molecule has 0 aliphatic rings. The van der Waals surface area contributed by atoms with Crippen molar-refractivity contribution < 1.29 is 19.1 Å². The summed E-state index contributed by atoms with van der Waals surface area (Å²) in [4.78, 5) is 24.0. The lowest BCUT2D eigenvalue weighted by molar-refractivity contribution is 0.0519. The number of hydrogen-bond donors (Lipinski definition) is 0. The second-order valence-electron chi connectivity index (χ2n) is 4.19. The van der Waals surface area contributed by atoms with Gasteiger partial charge in [-0.3, -0.25) is 0 Å². The van der Waals surface area contributed by atoms with Crippen LogP contribution in [-0.2, 0) is 9.47 Å². The van der Waals surface area contributed by atoms with Crippen molar-refractivity contribution >= 4 is 25.6 Å². The molecule has 20 heavy (non-hydrogen) atoms. The normalized spacial score (nSPS) is 10.9. The van der Waals surface area contributed by atoms with Crippen LogP contribution in [0.1, 0.15) is 39.7 Å². The third kappa shape index (κ3) is 2.68. The highest BCUT2D eigenvalue weighted by Gasteiger charge is 2.21. The van der Waals surface area contributed by atoms with Crippen molar-refractivity contribution in [1.82, 2.24) is 4.40 Å². The Kier molecular flexibility index (Phi) is 4.40. The lowest BCUT2D eigenvalue weighted by Gasteiger charge is -2.03. The third-order valence-electron chi connectivity index (χ3n) is 2.71. The van der Waals surface area contributed by atoms with Gasteiger partial charge in [-0.25, -0.2) is 9.59 Å². The molecule has 106 valence electrons. The highest BCUT2D eigenvalue weighted by atomic mass is 31.0. The van der Waals surface area contributed by atoms with Crippen molar-refractivity contribution in [3.8, 4) is 0 Å². The van der Waals surface area contributed by atoms with Gasteiger partial charge in [0.1, 0.15) is 5.30 Å². The summed E-state index contributed by atoms with van der Waals surface area (Å²) in [5.41, 5.74) is 2.10. The minimum absolute atomic E-state index is 0.300. The number of aromatic nitrogens is 1. The fraction of sp³-hybridized carbons (Fsp3) is 0.357. The van der Waals surface area contributed by atoms with Crippen molar-refractivity contribution in [2.45, 2.75) is 20.8 Å². The summed E-state index contributed by atoms with van der Waals surface area (Å²) in [5.74, 6) is -0.809. The molecule has 0 spiro atoms. The van der Waals surface area contributed by atoms with Gasteiger partial charge in [0.05, 0.1) is 18.7 Å². The minimum atomic E-state index is -0.412. The summed E-state index contributed by atoms with van der Waals surface area (Å²) in [7, 11) is 0.522. The summed E-state index contributed by atoms with van der Waals surface area (Å²) in [6.07, 6.45) is 1.82. The Morgan fingerprint density at radius 3 is 2.45 bits per heavy atom. The van der Waals surface area contributed by atoms with Gasteiger partial charge in [-0.15, -0.1) is 0 Å². The molecule has 5 nitrogen and oxygen atoms in total. The number of pyridine rings is 1. The molecule has 0 atom stereocenters. The van der Waals surface area contributed by atoms with Gasteiger partial charge in [-0.2, -0.15) is 0 Å². The molecule has 0 fully saturated rings. The molecular weight excluding hydrogens is 277 g/mol. The quantitative estimate of drug-likeness (QED) is 0.812. The number of esters is 2. The zero-order chi connectivity index (χ0) is 14.7. The number of rotatable bonds is 4. The average molecular weight is 293 g/mol. The van der Waals surface area contributed by atoms with Crippen LogP contribution in [0.2, 0.25) is 0 Å². The second-order valence-corrected chi connectivity index (χ2v) is 5.28. The summed E-state index contributed by atoms with van der Waals surface area (Å²) < 4.78 is 11.8. The standard InChI is InChI=1S/C14H16NO4P/c1-4-18-13(16)11-10-7-6-9(3)8-15(10)12(20-11)14(17)19-5-2/h6-8H,4-5H2,1-3H3. The third-order valence-corrected chi connectivity index (χ3v) is 3.96. The van der Waals surface area contributed by atoms with E-state index in [1.165, 1.54) is 0 Å². The largest absolute Gasteiger partial charge is 0.462 e. The van der Waals surface area contributed by atoms with Crippen molar-refractivity contribution in [3.05, 3.63) is 34.6 Å². The zero-order valence-corrected chi connectivity index (χ0v) is 12.6. The van der Waals surface area contributed by atoms with Crippen LogP contribution in [0, 0.1) is 6.92 Å². The second kappa shape index (κ2) is 6.06. The van der Waals surface area contributed by atoms with Gasteiger partial charge in [0, 0.05) is 6.20 Å². The summed E-state index contributed by atoms with van der Waals surface area (Å²) in [6.45, 7) is 6.04. The Morgan fingerprint density at radius 1 is 1.15 bits per heavy atom. The lowest BCUT2D eigenvalue weighted by atomic mass is 10.3. The van der Waals surface area contributed by atoms with E-state index < -0.39 is 11.9 Å². The number of carbonyl (C=O) groups excluding carboxylic acids is 2. The molecule has 0 aliphatic heterocycles. The molecule has 0 saturated carbocycles. The van der Waals surface area contributed by atoms with E-state index in [-0.39, 0.29) is 0 Å². The molecule has 2 rings (SSSR count). The Labute approximate surface area is 118 Å². The van der Waals surface area contributed by atoms with E-state index in [0.717, 1.165) is 5.56 Å². The smallest absolute Gasteiger partial charge is 0.360 e. The van der Waals surface area contributed by atoms with Crippen LogP contribution < -0.4 is 0 Å². The number of aryl methyl sites for hydroxylation is 1. The molecule has 0 bridgehead atoms. The maximum absolute atomic E-state index is 12.0. The first-order valence-corrected chi connectivity index (χ1v) is 7.30. The van der Waals surface area contributed by atoms with Crippen LogP contribution in [0.5, 0.6) is 0 Å². The number of hydrogen-bond acceptors (Lipinski definition) is 4. The van der Waals surface area contributed by atoms with Crippen LogP contribution >= 0.6 is 8.19 Å². The zero-order valence-electron chi connectivity index (χ0n) is 11.7. The number of fused-ring (bicyclic) bond motifs is 1. The fourth-order valence-corrected chi connectivity index (χ4v) is 2.98. The van der Waals surface area contributed by atoms with E-state index in [9.17, 15) is 9.59 Å². The number of nitrogens with zero attached hydrogens (tertiary/aromatic N) is 1. The van der Waals surface area contributed by atoms with Crippen LogP contribution in [0.4, 0.5) is 0 Å². The molecule has 0 amide bonds.